The van der Waals surface area contributed by atoms with Gasteiger partial charge in [-0.05, 0) is 37.7 Å². The van der Waals surface area contributed by atoms with E-state index in [2.05, 4.69) is 5.32 Å². The second kappa shape index (κ2) is 7.68. The molecule has 0 spiro atoms. The Labute approximate surface area is 152 Å². The van der Waals surface area contributed by atoms with Crippen molar-refractivity contribution in [2.24, 2.45) is 0 Å². The average molecular weight is 358 g/mol. The van der Waals surface area contributed by atoms with Gasteiger partial charge in [0.2, 0.25) is 11.8 Å². The molecule has 1 fully saturated rings. The maximum absolute atomic E-state index is 12.7. The smallest absolute Gasteiger partial charge is 0.244 e. The number of hydrogen-bond acceptors (Lipinski definition) is 3. The Morgan fingerprint density at radius 2 is 1.88 bits per heavy atom. The van der Waals surface area contributed by atoms with Crippen LogP contribution in [0.1, 0.15) is 6.42 Å². The summed E-state index contributed by atoms with van der Waals surface area (Å²) in [7, 11) is 1.79. The number of nitrogens with one attached hydrogen (secondary N) is 1. The summed E-state index contributed by atoms with van der Waals surface area (Å²) in [4.78, 5) is 28.4. The SMILES string of the molecule is CN(CC(=O)Nc1ccccc1)[C@H]1CCN(c2ccccc2Cl)C1=O. The van der Waals surface area contributed by atoms with Gasteiger partial charge < -0.3 is 10.2 Å². The fourth-order valence-electron chi connectivity index (χ4n) is 3.04. The number of carbonyl (C=O) groups is 2. The van der Waals surface area contributed by atoms with Gasteiger partial charge in [-0.15, -0.1) is 0 Å². The molecule has 1 atom stereocenters. The van der Waals surface area contributed by atoms with Crippen molar-refractivity contribution >= 4 is 34.8 Å². The van der Waals surface area contributed by atoms with Gasteiger partial charge in [-0.2, -0.15) is 0 Å². The fourth-order valence-corrected chi connectivity index (χ4v) is 3.28. The molecule has 0 saturated carbocycles. The zero-order valence-corrected chi connectivity index (χ0v) is 14.7. The predicted octanol–water partition coefficient (Wildman–Crippen LogP) is 3.02. The number of hydrogen-bond donors (Lipinski definition) is 1. The lowest BCUT2D eigenvalue weighted by atomic mass is 10.2. The molecule has 25 heavy (non-hydrogen) atoms. The first kappa shape index (κ1) is 17.5. The molecule has 0 aliphatic carbocycles. The Morgan fingerprint density at radius 3 is 2.60 bits per heavy atom. The highest BCUT2D eigenvalue weighted by atomic mass is 35.5. The molecule has 2 amide bonds. The molecule has 130 valence electrons. The summed E-state index contributed by atoms with van der Waals surface area (Å²) in [6.07, 6.45) is 0.666. The fraction of sp³-hybridized carbons (Fsp3) is 0.263. The number of para-hydroxylation sites is 2. The summed E-state index contributed by atoms with van der Waals surface area (Å²) in [5.41, 5.74) is 1.47. The van der Waals surface area contributed by atoms with Crippen LogP contribution in [0.2, 0.25) is 5.02 Å². The number of amides is 2. The zero-order valence-electron chi connectivity index (χ0n) is 14.0. The van der Waals surface area contributed by atoms with Crippen LogP contribution in [0, 0.1) is 0 Å². The molecule has 5 nitrogen and oxygen atoms in total. The normalized spacial score (nSPS) is 17.2. The molecule has 1 N–H and O–H groups in total. The number of halogens is 1. The highest BCUT2D eigenvalue weighted by Gasteiger charge is 2.36. The number of anilines is 2. The van der Waals surface area contributed by atoms with Crippen molar-refractivity contribution in [1.82, 2.24) is 4.90 Å². The van der Waals surface area contributed by atoms with E-state index in [1.807, 2.05) is 48.5 Å². The van der Waals surface area contributed by atoms with Gasteiger partial charge in [-0.1, -0.05) is 41.9 Å². The van der Waals surface area contributed by atoms with E-state index in [4.69, 9.17) is 11.6 Å². The van der Waals surface area contributed by atoms with Crippen LogP contribution in [0.5, 0.6) is 0 Å². The number of rotatable bonds is 5. The van der Waals surface area contributed by atoms with Crippen molar-refractivity contribution in [3.8, 4) is 0 Å². The van der Waals surface area contributed by atoms with Crippen molar-refractivity contribution in [3.05, 3.63) is 59.6 Å². The third-order valence-corrected chi connectivity index (χ3v) is 4.62. The molecule has 1 saturated heterocycles. The van der Waals surface area contributed by atoms with Crippen LogP contribution in [-0.4, -0.2) is 42.9 Å². The van der Waals surface area contributed by atoms with E-state index >= 15 is 0 Å². The number of benzene rings is 2. The lowest BCUT2D eigenvalue weighted by molar-refractivity contribution is -0.123. The van der Waals surface area contributed by atoms with E-state index in [1.165, 1.54) is 0 Å². The highest BCUT2D eigenvalue weighted by molar-refractivity contribution is 6.33. The first-order chi connectivity index (χ1) is 12.1. The molecule has 0 unspecified atom stereocenters. The first-order valence-electron chi connectivity index (χ1n) is 8.17. The third-order valence-electron chi connectivity index (χ3n) is 4.30. The molecule has 6 heteroatoms. The summed E-state index contributed by atoms with van der Waals surface area (Å²) in [6.45, 7) is 0.750. The molecule has 2 aromatic carbocycles. The highest BCUT2D eigenvalue weighted by Crippen LogP contribution is 2.30. The van der Waals surface area contributed by atoms with Gasteiger partial charge in [0.25, 0.3) is 0 Å². The molecule has 2 aromatic rings. The molecule has 3 rings (SSSR count). The van der Waals surface area contributed by atoms with Crippen LogP contribution in [0.3, 0.4) is 0 Å². The standard InChI is InChI=1S/C19H20ClN3O2/c1-22(13-18(24)21-14-7-3-2-4-8-14)17-11-12-23(19(17)25)16-10-6-5-9-15(16)20/h2-10,17H,11-13H2,1H3,(H,21,24)/t17-/m0/s1. The van der Waals surface area contributed by atoms with Gasteiger partial charge in [0, 0.05) is 12.2 Å². The van der Waals surface area contributed by atoms with Crippen LogP contribution >= 0.6 is 11.6 Å². The van der Waals surface area contributed by atoms with E-state index < -0.39 is 0 Å². The third kappa shape index (κ3) is 4.00. The van der Waals surface area contributed by atoms with Gasteiger partial charge in [0.1, 0.15) is 0 Å². The van der Waals surface area contributed by atoms with Crippen molar-refractivity contribution in [2.45, 2.75) is 12.5 Å². The maximum Gasteiger partial charge on any atom is 0.244 e. The molecule has 1 heterocycles. The number of likely N-dealkylation sites (N-methyl/N-ethyl adjacent to an activating group) is 1. The number of nitrogens with zero attached hydrogens (tertiary/aromatic N) is 2. The molecule has 1 aliphatic rings. The van der Waals surface area contributed by atoms with E-state index in [9.17, 15) is 9.59 Å². The van der Waals surface area contributed by atoms with Crippen LogP contribution in [-0.2, 0) is 9.59 Å². The second-order valence-corrected chi connectivity index (χ2v) is 6.48. The van der Waals surface area contributed by atoms with E-state index in [1.54, 1.807) is 22.9 Å². The Bertz CT molecular complexity index is 766. The summed E-state index contributed by atoms with van der Waals surface area (Å²) < 4.78 is 0. The second-order valence-electron chi connectivity index (χ2n) is 6.08. The van der Waals surface area contributed by atoms with E-state index in [0.717, 1.165) is 11.4 Å². The van der Waals surface area contributed by atoms with E-state index in [0.29, 0.717) is 18.0 Å². The van der Waals surface area contributed by atoms with Gasteiger partial charge in [-0.3, -0.25) is 14.5 Å². The minimum absolute atomic E-state index is 0.0249. The Kier molecular flexibility index (Phi) is 5.36. The molecule has 0 aromatic heterocycles. The molecular weight excluding hydrogens is 338 g/mol. The number of carbonyl (C=O) groups excluding carboxylic acids is 2. The summed E-state index contributed by atoms with van der Waals surface area (Å²) in [6, 6.07) is 16.3. The van der Waals surface area contributed by atoms with Crippen molar-refractivity contribution < 1.29 is 9.59 Å². The average Bonchev–Trinajstić information content (AvgIpc) is 2.97. The Morgan fingerprint density at radius 1 is 1.20 bits per heavy atom. The van der Waals surface area contributed by atoms with Crippen LogP contribution in [0.25, 0.3) is 0 Å². The van der Waals surface area contributed by atoms with Crippen LogP contribution in [0.4, 0.5) is 11.4 Å². The topological polar surface area (TPSA) is 52.7 Å². The largest absolute Gasteiger partial charge is 0.325 e. The first-order valence-corrected chi connectivity index (χ1v) is 8.55. The minimum Gasteiger partial charge on any atom is -0.325 e. The van der Waals surface area contributed by atoms with Gasteiger partial charge in [0.05, 0.1) is 23.3 Å². The molecule has 1 aliphatic heterocycles. The summed E-state index contributed by atoms with van der Waals surface area (Å²) in [5, 5.41) is 3.39. The lowest BCUT2D eigenvalue weighted by Gasteiger charge is -2.23. The van der Waals surface area contributed by atoms with Crippen LogP contribution in [0.15, 0.2) is 54.6 Å². The van der Waals surface area contributed by atoms with Crippen molar-refractivity contribution in [1.29, 1.82) is 0 Å². The Balaban J connectivity index is 1.61. The van der Waals surface area contributed by atoms with Crippen molar-refractivity contribution in [2.75, 3.05) is 30.4 Å². The van der Waals surface area contributed by atoms with Gasteiger partial charge >= 0.3 is 0 Å². The molecular formula is C19H20ClN3O2. The monoisotopic (exact) mass is 357 g/mol. The lowest BCUT2D eigenvalue weighted by Crippen LogP contribution is -2.43. The zero-order chi connectivity index (χ0) is 17.8. The summed E-state index contributed by atoms with van der Waals surface area (Å²) in [5.74, 6) is -0.166. The minimum atomic E-state index is -0.321. The Hall–Kier alpha value is -2.37. The van der Waals surface area contributed by atoms with Gasteiger partial charge in [0.15, 0.2) is 0 Å². The van der Waals surface area contributed by atoms with Crippen molar-refractivity contribution in [3.63, 3.8) is 0 Å². The van der Waals surface area contributed by atoms with E-state index in [-0.39, 0.29) is 24.4 Å². The quantitative estimate of drug-likeness (QED) is 0.895. The van der Waals surface area contributed by atoms with Crippen LogP contribution < -0.4 is 10.2 Å². The maximum atomic E-state index is 12.7. The predicted molar refractivity (Wildman–Crippen MR) is 99.9 cm³/mol. The molecule has 0 bridgehead atoms. The molecule has 0 radical (unpaired) electrons. The summed E-state index contributed by atoms with van der Waals surface area (Å²) >= 11 is 6.20. The van der Waals surface area contributed by atoms with Gasteiger partial charge in [-0.25, -0.2) is 0 Å².